The molecule has 2 unspecified atom stereocenters. The lowest BCUT2D eigenvalue weighted by molar-refractivity contribution is -0.141. The lowest BCUT2D eigenvalue weighted by Gasteiger charge is -2.27. The average Bonchev–Trinajstić information content (AvgIpc) is 2.87. The van der Waals surface area contributed by atoms with E-state index in [1.165, 1.54) is 6.20 Å². The van der Waals surface area contributed by atoms with Gasteiger partial charge in [0.2, 0.25) is 0 Å². The van der Waals surface area contributed by atoms with Gasteiger partial charge in [0.25, 0.3) is 0 Å². The van der Waals surface area contributed by atoms with Crippen LogP contribution in [0.4, 0.5) is 5.82 Å². The molecule has 6 nitrogen and oxygen atoms in total. The monoisotopic (exact) mass is 247 g/mol. The number of hydrogen-bond donors (Lipinski definition) is 1. The number of aromatic nitrogens is 1. The highest BCUT2D eigenvalue weighted by molar-refractivity contribution is 5.72. The first-order chi connectivity index (χ1) is 8.63. The molecule has 94 valence electrons. The second-order valence-corrected chi connectivity index (χ2v) is 4.18. The van der Waals surface area contributed by atoms with E-state index in [9.17, 15) is 4.79 Å². The largest absolute Gasteiger partial charge is 0.481 e. The summed E-state index contributed by atoms with van der Waals surface area (Å²) in [6.07, 6.45) is 1.47. The molecule has 18 heavy (non-hydrogen) atoms. The van der Waals surface area contributed by atoms with E-state index in [2.05, 4.69) is 4.98 Å². The summed E-state index contributed by atoms with van der Waals surface area (Å²) < 4.78 is 5.22. The number of carbonyl (C=O) groups is 1. The maximum absolute atomic E-state index is 11.1. The molecule has 0 amide bonds. The topological polar surface area (TPSA) is 86.5 Å². The van der Waals surface area contributed by atoms with Crippen molar-refractivity contribution >= 4 is 11.8 Å². The van der Waals surface area contributed by atoms with Crippen molar-refractivity contribution in [3.63, 3.8) is 0 Å². The van der Waals surface area contributed by atoms with Crippen molar-refractivity contribution in [2.75, 3.05) is 25.2 Å². The van der Waals surface area contributed by atoms with Crippen LogP contribution in [0.5, 0.6) is 0 Å². The Balaban J connectivity index is 2.17. The molecule has 0 bridgehead atoms. The Morgan fingerprint density at radius 3 is 2.94 bits per heavy atom. The molecule has 1 fully saturated rings. The predicted molar refractivity (Wildman–Crippen MR) is 63.1 cm³/mol. The quantitative estimate of drug-likeness (QED) is 0.836. The standard InChI is InChI=1S/C12H13N3O3/c1-15(10-7-18-6-9(10)12(16)17)11-3-2-8(4-13)5-14-11/h2-3,5,9-10H,6-7H2,1H3,(H,16,17). The van der Waals surface area contributed by atoms with Crippen LogP contribution in [0.25, 0.3) is 0 Å². The number of pyridine rings is 1. The van der Waals surface area contributed by atoms with Crippen LogP contribution in [0.3, 0.4) is 0 Å². The number of ether oxygens (including phenoxy) is 1. The molecular weight excluding hydrogens is 234 g/mol. The van der Waals surface area contributed by atoms with E-state index < -0.39 is 11.9 Å². The van der Waals surface area contributed by atoms with E-state index >= 15 is 0 Å². The van der Waals surface area contributed by atoms with Crippen LogP contribution in [0.1, 0.15) is 5.56 Å². The van der Waals surface area contributed by atoms with E-state index in [4.69, 9.17) is 15.1 Å². The molecule has 2 rings (SSSR count). The van der Waals surface area contributed by atoms with Gasteiger partial charge >= 0.3 is 5.97 Å². The van der Waals surface area contributed by atoms with Crippen LogP contribution in [0.15, 0.2) is 18.3 Å². The van der Waals surface area contributed by atoms with Crippen LogP contribution in [0.2, 0.25) is 0 Å². The summed E-state index contributed by atoms with van der Waals surface area (Å²) in [6.45, 7) is 0.593. The Labute approximate surface area is 104 Å². The smallest absolute Gasteiger partial charge is 0.311 e. The van der Waals surface area contributed by atoms with Gasteiger partial charge in [0.05, 0.1) is 24.8 Å². The minimum absolute atomic E-state index is 0.223. The number of carboxylic acid groups (broad SMARTS) is 1. The first kappa shape index (κ1) is 12.3. The van der Waals surface area contributed by atoms with Crippen LogP contribution >= 0.6 is 0 Å². The minimum atomic E-state index is -0.863. The summed E-state index contributed by atoms with van der Waals surface area (Å²) in [7, 11) is 1.78. The Kier molecular flexibility index (Phi) is 3.44. The maximum Gasteiger partial charge on any atom is 0.311 e. The molecule has 0 radical (unpaired) electrons. The summed E-state index contributed by atoms with van der Waals surface area (Å²) in [5.74, 6) is -0.777. The van der Waals surface area contributed by atoms with E-state index in [1.807, 2.05) is 6.07 Å². The number of anilines is 1. The molecule has 1 aliphatic rings. The van der Waals surface area contributed by atoms with Crippen LogP contribution in [-0.2, 0) is 9.53 Å². The zero-order chi connectivity index (χ0) is 13.1. The van der Waals surface area contributed by atoms with E-state index in [1.54, 1.807) is 24.1 Å². The molecule has 0 spiro atoms. The van der Waals surface area contributed by atoms with Gasteiger partial charge in [0, 0.05) is 13.2 Å². The van der Waals surface area contributed by atoms with E-state index in [0.29, 0.717) is 18.0 Å². The fourth-order valence-corrected chi connectivity index (χ4v) is 1.99. The van der Waals surface area contributed by atoms with Crippen molar-refractivity contribution in [2.24, 2.45) is 5.92 Å². The summed E-state index contributed by atoms with van der Waals surface area (Å²) in [5, 5.41) is 17.8. The Morgan fingerprint density at radius 2 is 2.39 bits per heavy atom. The van der Waals surface area contributed by atoms with Gasteiger partial charge in [-0.15, -0.1) is 0 Å². The molecule has 2 heterocycles. The molecule has 1 aromatic heterocycles. The van der Waals surface area contributed by atoms with E-state index in [0.717, 1.165) is 0 Å². The third-order valence-corrected chi connectivity index (χ3v) is 3.10. The van der Waals surface area contributed by atoms with Gasteiger partial charge < -0.3 is 14.7 Å². The van der Waals surface area contributed by atoms with Gasteiger partial charge in [-0.1, -0.05) is 0 Å². The third-order valence-electron chi connectivity index (χ3n) is 3.10. The van der Waals surface area contributed by atoms with Crippen LogP contribution in [-0.4, -0.2) is 42.4 Å². The van der Waals surface area contributed by atoms with Crippen molar-refractivity contribution < 1.29 is 14.6 Å². The van der Waals surface area contributed by atoms with Gasteiger partial charge in [-0.25, -0.2) is 4.98 Å². The van der Waals surface area contributed by atoms with Gasteiger partial charge in [0.1, 0.15) is 17.8 Å². The number of aliphatic carboxylic acids is 1. The average molecular weight is 247 g/mol. The number of nitrogens with zero attached hydrogens (tertiary/aromatic N) is 3. The fourth-order valence-electron chi connectivity index (χ4n) is 1.99. The number of rotatable bonds is 3. The van der Waals surface area contributed by atoms with Crippen LogP contribution in [0, 0.1) is 17.2 Å². The van der Waals surface area contributed by atoms with Crippen molar-refractivity contribution in [2.45, 2.75) is 6.04 Å². The van der Waals surface area contributed by atoms with Gasteiger partial charge in [-0.05, 0) is 12.1 Å². The van der Waals surface area contributed by atoms with Crippen molar-refractivity contribution in [1.82, 2.24) is 4.98 Å². The Morgan fingerprint density at radius 1 is 1.61 bits per heavy atom. The first-order valence-corrected chi connectivity index (χ1v) is 5.53. The molecule has 1 aliphatic heterocycles. The second kappa shape index (κ2) is 5.02. The Bertz CT molecular complexity index is 480. The highest BCUT2D eigenvalue weighted by atomic mass is 16.5. The summed E-state index contributed by atoms with van der Waals surface area (Å²) in [6, 6.07) is 5.12. The van der Waals surface area contributed by atoms with Crippen molar-refractivity contribution in [3.8, 4) is 6.07 Å². The zero-order valence-corrected chi connectivity index (χ0v) is 9.91. The number of nitriles is 1. The predicted octanol–water partition coefficient (Wildman–Crippen LogP) is 0.489. The summed E-state index contributed by atoms with van der Waals surface area (Å²) in [5.41, 5.74) is 0.476. The van der Waals surface area contributed by atoms with Gasteiger partial charge in [0.15, 0.2) is 0 Å². The molecule has 1 aromatic rings. The highest BCUT2D eigenvalue weighted by Crippen LogP contribution is 2.23. The number of carboxylic acids is 1. The van der Waals surface area contributed by atoms with Crippen LogP contribution < -0.4 is 4.90 Å². The minimum Gasteiger partial charge on any atom is -0.481 e. The van der Waals surface area contributed by atoms with Gasteiger partial charge in [-0.3, -0.25) is 4.79 Å². The third kappa shape index (κ3) is 2.26. The second-order valence-electron chi connectivity index (χ2n) is 4.18. The lowest BCUT2D eigenvalue weighted by atomic mass is 10.0. The fraction of sp³-hybridized carbons (Fsp3) is 0.417. The molecule has 6 heteroatoms. The summed E-state index contributed by atoms with van der Waals surface area (Å²) >= 11 is 0. The lowest BCUT2D eigenvalue weighted by Crippen LogP contribution is -2.41. The van der Waals surface area contributed by atoms with Crippen molar-refractivity contribution in [1.29, 1.82) is 5.26 Å². The number of likely N-dealkylation sites (N-methyl/N-ethyl adjacent to an activating group) is 1. The first-order valence-electron chi connectivity index (χ1n) is 5.53. The van der Waals surface area contributed by atoms with Crippen molar-refractivity contribution in [3.05, 3.63) is 23.9 Å². The molecular formula is C12H13N3O3. The zero-order valence-electron chi connectivity index (χ0n) is 9.91. The Hall–Kier alpha value is -2.13. The molecule has 0 aliphatic carbocycles. The number of hydrogen-bond acceptors (Lipinski definition) is 5. The van der Waals surface area contributed by atoms with E-state index in [-0.39, 0.29) is 12.6 Å². The molecule has 1 saturated heterocycles. The normalized spacial score (nSPS) is 22.4. The maximum atomic E-state index is 11.1. The molecule has 1 N–H and O–H groups in total. The summed E-state index contributed by atoms with van der Waals surface area (Å²) in [4.78, 5) is 17.0. The molecule has 0 saturated carbocycles. The molecule has 0 aromatic carbocycles. The van der Waals surface area contributed by atoms with Gasteiger partial charge in [-0.2, -0.15) is 5.26 Å². The highest BCUT2D eigenvalue weighted by Gasteiger charge is 2.37. The SMILES string of the molecule is CN(c1ccc(C#N)cn1)C1COCC1C(=O)O. The molecule has 2 atom stereocenters.